The third-order valence-corrected chi connectivity index (χ3v) is 1.52. The highest BCUT2D eigenvalue weighted by atomic mass is 17.2. The maximum atomic E-state index is 10.5. The molecule has 0 saturated heterocycles. The van der Waals surface area contributed by atoms with Crippen LogP contribution in [-0.4, -0.2) is 17.0 Å². The summed E-state index contributed by atoms with van der Waals surface area (Å²) in [5.41, 5.74) is -0.906. The Bertz CT molecular complexity index is 404. The number of benzene rings is 1. The van der Waals surface area contributed by atoms with Gasteiger partial charge in [0.15, 0.2) is 0 Å². The summed E-state index contributed by atoms with van der Waals surface area (Å²) in [6, 6.07) is 2.98. The van der Waals surface area contributed by atoms with Crippen LogP contribution in [-0.2, 0) is 4.89 Å². The van der Waals surface area contributed by atoms with Gasteiger partial charge in [0, 0.05) is 6.07 Å². The first-order valence-electron chi connectivity index (χ1n) is 3.69. The van der Waals surface area contributed by atoms with Gasteiger partial charge >= 0.3 is 5.69 Å². The Hall–Kier alpha value is -2.22. The van der Waals surface area contributed by atoms with E-state index >= 15 is 0 Å². The molecule has 8 nitrogen and oxygen atoms in total. The highest BCUT2D eigenvalue weighted by Crippen LogP contribution is 2.30. The first-order valence-corrected chi connectivity index (χ1v) is 3.69. The summed E-state index contributed by atoms with van der Waals surface area (Å²) in [5.74, 6) is -0.187. The maximum absolute atomic E-state index is 10.5. The second kappa shape index (κ2) is 4.33. The van der Waals surface area contributed by atoms with E-state index in [1.54, 1.807) is 0 Å². The third-order valence-electron chi connectivity index (χ3n) is 1.52. The maximum Gasteiger partial charge on any atom is 0.321 e. The van der Waals surface area contributed by atoms with Crippen molar-refractivity contribution in [1.29, 1.82) is 0 Å². The van der Waals surface area contributed by atoms with Gasteiger partial charge < -0.3 is 4.89 Å². The molecule has 0 saturated carbocycles. The predicted octanol–water partition coefficient (Wildman–Crippen LogP) is 1.44. The van der Waals surface area contributed by atoms with Gasteiger partial charge in [0.25, 0.3) is 5.69 Å². The minimum atomic E-state index is -0.790. The van der Waals surface area contributed by atoms with E-state index in [0.717, 1.165) is 18.2 Å². The van der Waals surface area contributed by atoms with Gasteiger partial charge in [-0.05, 0) is 6.07 Å². The van der Waals surface area contributed by atoms with Crippen molar-refractivity contribution in [2.45, 2.75) is 0 Å². The third kappa shape index (κ3) is 2.38. The van der Waals surface area contributed by atoms with E-state index in [1.807, 2.05) is 0 Å². The zero-order valence-electron chi connectivity index (χ0n) is 7.58. The normalized spacial score (nSPS) is 9.67. The average molecular weight is 214 g/mol. The summed E-state index contributed by atoms with van der Waals surface area (Å²) in [6.45, 7) is 0. The van der Waals surface area contributed by atoms with Crippen LogP contribution in [0.4, 0.5) is 11.4 Å². The molecular weight excluding hydrogens is 208 g/mol. The fourth-order valence-corrected chi connectivity index (χ4v) is 0.922. The molecule has 0 amide bonds. The average Bonchev–Trinajstić information content (AvgIpc) is 2.18. The SMILES string of the molecule is COOc1ccc([N+](=O)[O-])cc1[N+](=O)[O-]. The molecule has 1 aromatic rings. The Labute approximate surface area is 83.3 Å². The van der Waals surface area contributed by atoms with E-state index < -0.39 is 15.5 Å². The summed E-state index contributed by atoms with van der Waals surface area (Å²) in [4.78, 5) is 28.1. The fraction of sp³-hybridized carbons (Fsp3) is 0.143. The Morgan fingerprint density at radius 2 is 1.87 bits per heavy atom. The number of rotatable bonds is 4. The Morgan fingerprint density at radius 1 is 1.20 bits per heavy atom. The molecule has 0 atom stereocenters. The van der Waals surface area contributed by atoms with Crippen LogP contribution in [0.3, 0.4) is 0 Å². The fourth-order valence-electron chi connectivity index (χ4n) is 0.922. The minimum Gasteiger partial charge on any atom is -0.330 e. The lowest BCUT2D eigenvalue weighted by Gasteiger charge is -2.01. The smallest absolute Gasteiger partial charge is 0.321 e. The molecule has 0 fully saturated rings. The van der Waals surface area contributed by atoms with Crippen LogP contribution in [0.1, 0.15) is 0 Å². The number of nitro groups is 2. The minimum absolute atomic E-state index is 0.187. The molecule has 0 aliphatic rings. The van der Waals surface area contributed by atoms with E-state index in [-0.39, 0.29) is 11.4 Å². The molecule has 1 aromatic carbocycles. The molecule has 8 heteroatoms. The Balaban J connectivity index is 3.20. The summed E-state index contributed by atoms with van der Waals surface area (Å²) in [5, 5.41) is 20.9. The summed E-state index contributed by atoms with van der Waals surface area (Å²) < 4.78 is 0. The van der Waals surface area contributed by atoms with Crippen molar-refractivity contribution in [2.24, 2.45) is 0 Å². The monoisotopic (exact) mass is 214 g/mol. The van der Waals surface area contributed by atoms with E-state index in [1.165, 1.54) is 7.11 Å². The standard InChI is InChI=1S/C7H6N2O6/c1-14-15-7-3-2-5(8(10)11)4-6(7)9(12)13/h2-4H,1H3. The van der Waals surface area contributed by atoms with Crippen LogP contribution in [0.5, 0.6) is 5.75 Å². The Morgan fingerprint density at radius 3 is 2.33 bits per heavy atom. The molecule has 1 rings (SSSR count). The van der Waals surface area contributed by atoms with Crippen LogP contribution in [0.15, 0.2) is 18.2 Å². The van der Waals surface area contributed by atoms with Gasteiger partial charge in [0.2, 0.25) is 5.75 Å². The highest BCUT2D eigenvalue weighted by molar-refractivity contribution is 5.53. The van der Waals surface area contributed by atoms with Crippen molar-refractivity contribution in [3.05, 3.63) is 38.4 Å². The van der Waals surface area contributed by atoms with Gasteiger partial charge in [-0.25, -0.2) is 0 Å². The molecule has 80 valence electrons. The molecule has 0 bridgehead atoms. The van der Waals surface area contributed by atoms with Crippen molar-refractivity contribution in [2.75, 3.05) is 7.11 Å². The van der Waals surface area contributed by atoms with Gasteiger partial charge in [-0.1, -0.05) is 0 Å². The second-order valence-corrected chi connectivity index (χ2v) is 2.42. The number of hydrogen-bond donors (Lipinski definition) is 0. The summed E-state index contributed by atoms with van der Waals surface area (Å²) in [7, 11) is 1.17. The first kappa shape index (κ1) is 10.9. The van der Waals surface area contributed by atoms with E-state index in [2.05, 4.69) is 9.78 Å². The van der Waals surface area contributed by atoms with Crippen LogP contribution >= 0.6 is 0 Å². The van der Waals surface area contributed by atoms with Crippen molar-refractivity contribution >= 4 is 11.4 Å². The zero-order valence-corrected chi connectivity index (χ0v) is 7.58. The number of nitro benzene ring substituents is 2. The molecule has 0 aliphatic heterocycles. The predicted molar refractivity (Wildman–Crippen MR) is 47.4 cm³/mol. The van der Waals surface area contributed by atoms with Gasteiger partial charge in [0.05, 0.1) is 23.0 Å². The van der Waals surface area contributed by atoms with Gasteiger partial charge in [-0.2, -0.15) is 4.89 Å². The molecular formula is C7H6N2O6. The molecule has 0 N–H and O–H groups in total. The number of non-ortho nitro benzene ring substituents is 1. The van der Waals surface area contributed by atoms with E-state index in [0.29, 0.717) is 0 Å². The number of nitrogens with zero attached hydrogens (tertiary/aromatic N) is 2. The molecule has 15 heavy (non-hydrogen) atoms. The lowest BCUT2D eigenvalue weighted by molar-refractivity contribution is -0.396. The van der Waals surface area contributed by atoms with Crippen LogP contribution in [0, 0.1) is 20.2 Å². The first-order chi connectivity index (χ1) is 7.06. The molecule has 0 unspecified atom stereocenters. The topological polar surface area (TPSA) is 105 Å². The second-order valence-electron chi connectivity index (χ2n) is 2.42. The van der Waals surface area contributed by atoms with Gasteiger partial charge in [-0.3, -0.25) is 20.2 Å². The molecule has 0 aliphatic carbocycles. The lowest BCUT2D eigenvalue weighted by Crippen LogP contribution is -1.98. The highest BCUT2D eigenvalue weighted by Gasteiger charge is 2.21. The van der Waals surface area contributed by atoms with E-state index in [4.69, 9.17) is 0 Å². The largest absolute Gasteiger partial charge is 0.330 e. The molecule has 0 aromatic heterocycles. The van der Waals surface area contributed by atoms with Crippen molar-refractivity contribution in [3.8, 4) is 5.75 Å². The van der Waals surface area contributed by atoms with Crippen molar-refractivity contribution in [3.63, 3.8) is 0 Å². The molecule has 0 heterocycles. The van der Waals surface area contributed by atoms with Crippen LogP contribution in [0.2, 0.25) is 0 Å². The van der Waals surface area contributed by atoms with Crippen molar-refractivity contribution < 1.29 is 19.6 Å². The Kier molecular flexibility index (Phi) is 3.13. The zero-order chi connectivity index (χ0) is 11.4. The summed E-state index contributed by atoms with van der Waals surface area (Å²) >= 11 is 0. The number of hydrogen-bond acceptors (Lipinski definition) is 6. The van der Waals surface area contributed by atoms with Gasteiger partial charge in [-0.15, -0.1) is 0 Å². The van der Waals surface area contributed by atoms with Crippen LogP contribution in [0.25, 0.3) is 0 Å². The lowest BCUT2D eigenvalue weighted by atomic mass is 10.2. The molecule has 0 spiro atoms. The van der Waals surface area contributed by atoms with Crippen LogP contribution < -0.4 is 4.89 Å². The van der Waals surface area contributed by atoms with Gasteiger partial charge in [0.1, 0.15) is 0 Å². The quantitative estimate of drug-likeness (QED) is 0.426. The molecule has 0 radical (unpaired) electrons. The van der Waals surface area contributed by atoms with E-state index in [9.17, 15) is 20.2 Å². The van der Waals surface area contributed by atoms with Crippen molar-refractivity contribution in [1.82, 2.24) is 0 Å². The summed E-state index contributed by atoms with van der Waals surface area (Å²) in [6.07, 6.45) is 0.